The predicted molar refractivity (Wildman–Crippen MR) is 65.2 cm³/mol. The van der Waals surface area contributed by atoms with E-state index in [4.69, 9.17) is 11.6 Å². The Morgan fingerprint density at radius 1 is 1.73 bits per heavy atom. The van der Waals surface area contributed by atoms with Gasteiger partial charge in [0.15, 0.2) is 0 Å². The lowest BCUT2D eigenvalue weighted by Gasteiger charge is -2.18. The topological polar surface area (TPSA) is 29.1 Å². The second-order valence-electron chi connectivity index (χ2n) is 3.80. The van der Waals surface area contributed by atoms with Gasteiger partial charge in [0, 0.05) is 4.88 Å². The van der Waals surface area contributed by atoms with E-state index in [0.717, 1.165) is 4.88 Å². The smallest absolute Gasteiger partial charge is 0.229 e. The molecule has 0 saturated heterocycles. The molecule has 15 heavy (non-hydrogen) atoms. The average Bonchev–Trinajstić information content (AvgIpc) is 2.60. The van der Waals surface area contributed by atoms with Crippen LogP contribution in [0.2, 0.25) is 5.02 Å². The Balaban J connectivity index is 2.55. The summed E-state index contributed by atoms with van der Waals surface area (Å²) >= 11 is 7.45. The Kier molecular flexibility index (Phi) is 3.94. The zero-order valence-electron chi connectivity index (χ0n) is 8.84. The summed E-state index contributed by atoms with van der Waals surface area (Å²) < 4.78 is 0. The monoisotopic (exact) mass is 243 g/mol. The molecular weight excluding hydrogens is 230 g/mol. The van der Waals surface area contributed by atoms with Gasteiger partial charge in [0.05, 0.1) is 17.0 Å². The number of rotatable bonds is 4. The van der Waals surface area contributed by atoms with Gasteiger partial charge in [-0.05, 0) is 25.3 Å². The van der Waals surface area contributed by atoms with Gasteiger partial charge in [-0.2, -0.15) is 0 Å². The molecule has 1 aromatic rings. The molecule has 0 aliphatic heterocycles. The van der Waals surface area contributed by atoms with Crippen LogP contribution in [-0.4, -0.2) is 5.91 Å². The van der Waals surface area contributed by atoms with Crippen LogP contribution in [0.1, 0.15) is 18.7 Å². The molecule has 82 valence electrons. The predicted octanol–water partition coefficient (Wildman–Crippen LogP) is 3.23. The molecule has 1 aromatic heterocycles. The first-order chi connectivity index (χ1) is 6.97. The van der Waals surface area contributed by atoms with Crippen LogP contribution in [0.4, 0.5) is 0 Å². The van der Waals surface area contributed by atoms with Crippen molar-refractivity contribution < 1.29 is 4.79 Å². The highest BCUT2D eigenvalue weighted by molar-refractivity contribution is 7.10. The summed E-state index contributed by atoms with van der Waals surface area (Å²) in [6, 6.07) is 1.83. The van der Waals surface area contributed by atoms with Gasteiger partial charge in [0.25, 0.3) is 0 Å². The SMILES string of the molecule is C=CC(C)(C)C(=O)NCc1sccc1Cl. The maximum absolute atomic E-state index is 11.7. The first kappa shape index (κ1) is 12.3. The van der Waals surface area contributed by atoms with Crippen molar-refractivity contribution >= 4 is 28.8 Å². The molecular formula is C11H14ClNOS. The van der Waals surface area contributed by atoms with Crippen molar-refractivity contribution in [3.63, 3.8) is 0 Å². The Morgan fingerprint density at radius 2 is 2.40 bits per heavy atom. The van der Waals surface area contributed by atoms with E-state index in [1.165, 1.54) is 11.3 Å². The molecule has 0 aliphatic rings. The Labute approximate surface area is 99.0 Å². The largest absolute Gasteiger partial charge is 0.350 e. The molecule has 1 heterocycles. The van der Waals surface area contributed by atoms with Gasteiger partial charge in [-0.15, -0.1) is 17.9 Å². The fraction of sp³-hybridized carbons (Fsp3) is 0.364. The Hall–Kier alpha value is -0.800. The van der Waals surface area contributed by atoms with Crippen molar-refractivity contribution in [2.45, 2.75) is 20.4 Å². The number of carbonyl (C=O) groups excluding carboxylic acids is 1. The van der Waals surface area contributed by atoms with Crippen molar-refractivity contribution in [3.05, 3.63) is 34.0 Å². The van der Waals surface area contributed by atoms with Crippen LogP contribution in [0.15, 0.2) is 24.1 Å². The molecule has 0 unspecified atom stereocenters. The van der Waals surface area contributed by atoms with Crippen molar-refractivity contribution in [2.24, 2.45) is 5.41 Å². The highest BCUT2D eigenvalue weighted by atomic mass is 35.5. The average molecular weight is 244 g/mol. The Bertz CT molecular complexity index is 370. The summed E-state index contributed by atoms with van der Waals surface area (Å²) in [5, 5.41) is 5.44. The molecule has 0 atom stereocenters. The summed E-state index contributed by atoms with van der Waals surface area (Å²) in [7, 11) is 0. The number of carbonyl (C=O) groups is 1. The van der Waals surface area contributed by atoms with E-state index in [2.05, 4.69) is 11.9 Å². The van der Waals surface area contributed by atoms with E-state index >= 15 is 0 Å². The lowest BCUT2D eigenvalue weighted by Crippen LogP contribution is -2.34. The van der Waals surface area contributed by atoms with Crippen molar-refractivity contribution in [2.75, 3.05) is 0 Å². The fourth-order valence-corrected chi connectivity index (χ4v) is 1.97. The molecule has 1 N–H and O–H groups in total. The van der Waals surface area contributed by atoms with Crippen LogP contribution in [0.25, 0.3) is 0 Å². The minimum Gasteiger partial charge on any atom is -0.350 e. The van der Waals surface area contributed by atoms with E-state index in [1.54, 1.807) is 6.08 Å². The van der Waals surface area contributed by atoms with Crippen LogP contribution in [0.5, 0.6) is 0 Å². The van der Waals surface area contributed by atoms with E-state index in [9.17, 15) is 4.79 Å². The van der Waals surface area contributed by atoms with Gasteiger partial charge < -0.3 is 5.32 Å². The molecule has 0 bridgehead atoms. The number of hydrogen-bond acceptors (Lipinski definition) is 2. The third-order valence-electron chi connectivity index (χ3n) is 2.20. The molecule has 0 radical (unpaired) electrons. The Morgan fingerprint density at radius 3 is 2.87 bits per heavy atom. The highest BCUT2D eigenvalue weighted by Crippen LogP contribution is 2.22. The minimum absolute atomic E-state index is 0.0398. The van der Waals surface area contributed by atoms with Gasteiger partial charge in [-0.1, -0.05) is 17.7 Å². The van der Waals surface area contributed by atoms with Gasteiger partial charge in [0.1, 0.15) is 0 Å². The third kappa shape index (κ3) is 3.08. The molecule has 0 fully saturated rings. The standard InChI is InChI=1S/C11H14ClNOS/c1-4-11(2,3)10(14)13-7-9-8(12)5-6-15-9/h4-6H,1,7H2,2-3H3,(H,13,14). The normalized spacial score (nSPS) is 11.1. The summed E-state index contributed by atoms with van der Waals surface area (Å²) in [6.45, 7) is 7.76. The van der Waals surface area contributed by atoms with Gasteiger partial charge >= 0.3 is 0 Å². The highest BCUT2D eigenvalue weighted by Gasteiger charge is 2.23. The number of hydrogen-bond donors (Lipinski definition) is 1. The number of amides is 1. The quantitative estimate of drug-likeness (QED) is 0.809. The molecule has 4 heteroatoms. The number of nitrogens with one attached hydrogen (secondary N) is 1. The van der Waals surface area contributed by atoms with Crippen LogP contribution in [-0.2, 0) is 11.3 Å². The molecule has 1 rings (SSSR count). The van der Waals surface area contributed by atoms with E-state index in [0.29, 0.717) is 11.6 Å². The van der Waals surface area contributed by atoms with Crippen molar-refractivity contribution in [1.82, 2.24) is 5.32 Å². The maximum Gasteiger partial charge on any atom is 0.229 e. The van der Waals surface area contributed by atoms with Crippen LogP contribution in [0, 0.1) is 5.41 Å². The van der Waals surface area contributed by atoms with Crippen LogP contribution < -0.4 is 5.32 Å². The number of halogens is 1. The van der Waals surface area contributed by atoms with Gasteiger partial charge in [-0.25, -0.2) is 0 Å². The van der Waals surface area contributed by atoms with E-state index in [1.807, 2.05) is 25.3 Å². The van der Waals surface area contributed by atoms with E-state index < -0.39 is 5.41 Å². The zero-order valence-corrected chi connectivity index (χ0v) is 10.4. The third-order valence-corrected chi connectivity index (χ3v) is 3.58. The van der Waals surface area contributed by atoms with Crippen molar-refractivity contribution in [3.8, 4) is 0 Å². The molecule has 2 nitrogen and oxygen atoms in total. The van der Waals surface area contributed by atoms with Gasteiger partial charge in [0.2, 0.25) is 5.91 Å². The first-order valence-electron chi connectivity index (χ1n) is 4.61. The summed E-state index contributed by atoms with van der Waals surface area (Å²) in [6.07, 6.45) is 1.64. The van der Waals surface area contributed by atoms with E-state index in [-0.39, 0.29) is 5.91 Å². The minimum atomic E-state index is -0.538. The van der Waals surface area contributed by atoms with Gasteiger partial charge in [-0.3, -0.25) is 4.79 Å². The maximum atomic E-state index is 11.7. The number of thiophene rings is 1. The second kappa shape index (κ2) is 4.81. The first-order valence-corrected chi connectivity index (χ1v) is 5.87. The summed E-state index contributed by atoms with van der Waals surface area (Å²) in [5.41, 5.74) is -0.538. The lowest BCUT2D eigenvalue weighted by atomic mass is 9.93. The zero-order chi connectivity index (χ0) is 11.5. The second-order valence-corrected chi connectivity index (χ2v) is 5.21. The van der Waals surface area contributed by atoms with Crippen molar-refractivity contribution in [1.29, 1.82) is 0 Å². The molecule has 0 saturated carbocycles. The molecule has 1 amide bonds. The summed E-state index contributed by atoms with van der Waals surface area (Å²) in [5.74, 6) is -0.0398. The molecule has 0 aromatic carbocycles. The fourth-order valence-electron chi connectivity index (χ4n) is 0.932. The van der Waals surface area contributed by atoms with Crippen LogP contribution in [0.3, 0.4) is 0 Å². The van der Waals surface area contributed by atoms with Crippen LogP contribution >= 0.6 is 22.9 Å². The summed E-state index contributed by atoms with van der Waals surface area (Å²) in [4.78, 5) is 12.7. The molecule has 0 aliphatic carbocycles. The lowest BCUT2D eigenvalue weighted by molar-refractivity contribution is -0.127. The molecule has 0 spiro atoms.